The fraction of sp³-hybridized carbons (Fsp3) is 0.571. The van der Waals surface area contributed by atoms with E-state index in [0.29, 0.717) is 6.54 Å². The first kappa shape index (κ1) is 13.4. The van der Waals surface area contributed by atoms with Crippen LogP contribution in [0.5, 0.6) is 0 Å². The lowest BCUT2D eigenvalue weighted by Crippen LogP contribution is -2.46. The number of rotatable bonds is 0. The zero-order valence-corrected chi connectivity index (χ0v) is 10.9. The normalized spacial score (nSPS) is 20.7. The van der Waals surface area contributed by atoms with Gasteiger partial charge in [0, 0.05) is 6.54 Å². The summed E-state index contributed by atoms with van der Waals surface area (Å²) in [5.41, 5.74) is 2.85. The number of halogens is 3. The number of nitrogens with one attached hydrogen (secondary N) is 1. The van der Waals surface area contributed by atoms with Crippen molar-refractivity contribution in [2.45, 2.75) is 51.4 Å². The summed E-state index contributed by atoms with van der Waals surface area (Å²) in [5, 5.41) is 2.55. The van der Waals surface area contributed by atoms with Gasteiger partial charge in [-0.25, -0.2) is 0 Å². The minimum absolute atomic E-state index is 0.0305. The number of benzene rings is 1. The molecule has 100 valence electrons. The maximum Gasteiger partial charge on any atom is 0.404 e. The van der Waals surface area contributed by atoms with Crippen molar-refractivity contribution in [1.29, 1.82) is 0 Å². The number of hydrogen-bond donors (Lipinski definition) is 1. The van der Waals surface area contributed by atoms with Gasteiger partial charge in [0.05, 0.1) is 0 Å². The molecule has 0 aromatic heterocycles. The van der Waals surface area contributed by atoms with E-state index in [2.05, 4.69) is 26.1 Å². The summed E-state index contributed by atoms with van der Waals surface area (Å²) in [4.78, 5) is 0. The lowest BCUT2D eigenvalue weighted by molar-refractivity contribution is -0.157. The first-order chi connectivity index (χ1) is 8.18. The summed E-state index contributed by atoms with van der Waals surface area (Å²) in [6.07, 6.45) is -4.14. The summed E-state index contributed by atoms with van der Waals surface area (Å²) in [6.45, 7) is 6.50. The highest BCUT2D eigenvalue weighted by molar-refractivity contribution is 5.37. The van der Waals surface area contributed by atoms with Gasteiger partial charge >= 0.3 is 6.18 Å². The fourth-order valence-electron chi connectivity index (χ4n) is 2.21. The molecule has 0 aliphatic carbocycles. The SMILES string of the molecule is CC(C)(C)c1ccc2c(c1)CC(C(F)(F)F)NC2. The molecule has 0 bridgehead atoms. The largest absolute Gasteiger partial charge is 0.404 e. The Kier molecular flexibility index (Phi) is 3.18. The van der Waals surface area contributed by atoms with Crippen LogP contribution in [0.25, 0.3) is 0 Å². The zero-order chi connectivity index (χ0) is 13.6. The average molecular weight is 257 g/mol. The lowest BCUT2D eigenvalue weighted by Gasteiger charge is -2.29. The molecule has 1 nitrogen and oxygen atoms in total. The maximum atomic E-state index is 12.7. The molecule has 1 atom stereocenters. The molecule has 1 unspecified atom stereocenters. The van der Waals surface area contributed by atoms with Crippen LogP contribution in [0, 0.1) is 0 Å². The molecule has 1 heterocycles. The second-order valence-electron chi connectivity index (χ2n) is 5.91. The van der Waals surface area contributed by atoms with Crippen molar-refractivity contribution in [2.75, 3.05) is 0 Å². The Morgan fingerprint density at radius 1 is 1.11 bits per heavy atom. The van der Waals surface area contributed by atoms with Gasteiger partial charge in [-0.05, 0) is 28.5 Å². The van der Waals surface area contributed by atoms with Crippen LogP contribution in [0.15, 0.2) is 18.2 Å². The van der Waals surface area contributed by atoms with Crippen LogP contribution >= 0.6 is 0 Å². The topological polar surface area (TPSA) is 12.0 Å². The molecule has 2 rings (SSSR count). The third-order valence-electron chi connectivity index (χ3n) is 3.43. The first-order valence-electron chi connectivity index (χ1n) is 6.10. The molecule has 1 N–H and O–H groups in total. The van der Waals surface area contributed by atoms with Crippen LogP contribution in [0.4, 0.5) is 13.2 Å². The van der Waals surface area contributed by atoms with E-state index in [1.807, 2.05) is 18.2 Å². The van der Waals surface area contributed by atoms with Gasteiger partial charge in [0.25, 0.3) is 0 Å². The Balaban J connectivity index is 2.31. The third kappa shape index (κ3) is 2.69. The molecule has 0 amide bonds. The molecule has 0 radical (unpaired) electrons. The molecule has 0 saturated carbocycles. The predicted molar refractivity (Wildman–Crippen MR) is 65.5 cm³/mol. The van der Waals surface area contributed by atoms with Crippen molar-refractivity contribution < 1.29 is 13.2 Å². The first-order valence-corrected chi connectivity index (χ1v) is 6.10. The van der Waals surface area contributed by atoms with Crippen LogP contribution in [0.2, 0.25) is 0 Å². The van der Waals surface area contributed by atoms with Crippen molar-refractivity contribution >= 4 is 0 Å². The van der Waals surface area contributed by atoms with E-state index < -0.39 is 12.2 Å². The van der Waals surface area contributed by atoms with Crippen LogP contribution in [-0.4, -0.2) is 12.2 Å². The maximum absolute atomic E-state index is 12.7. The molecule has 1 aromatic rings. The van der Waals surface area contributed by atoms with Crippen molar-refractivity contribution in [3.05, 3.63) is 34.9 Å². The minimum atomic E-state index is -4.17. The second kappa shape index (κ2) is 4.26. The Morgan fingerprint density at radius 2 is 1.78 bits per heavy atom. The van der Waals surface area contributed by atoms with Crippen molar-refractivity contribution in [3.63, 3.8) is 0 Å². The second-order valence-corrected chi connectivity index (χ2v) is 5.91. The Hall–Kier alpha value is -1.03. The van der Waals surface area contributed by atoms with Crippen molar-refractivity contribution in [3.8, 4) is 0 Å². The van der Waals surface area contributed by atoms with E-state index in [9.17, 15) is 13.2 Å². The standard InChI is InChI=1S/C14H18F3N/c1-13(2,3)11-5-4-9-8-18-12(14(15,16)17)7-10(9)6-11/h4-6,12,18H,7-8H2,1-3H3. The van der Waals surface area contributed by atoms with Gasteiger partial charge in [-0.1, -0.05) is 39.0 Å². The molecule has 0 fully saturated rings. The molecular weight excluding hydrogens is 239 g/mol. The summed E-state index contributed by atoms with van der Waals surface area (Å²) in [7, 11) is 0. The van der Waals surface area contributed by atoms with Crippen LogP contribution in [-0.2, 0) is 18.4 Å². The monoisotopic (exact) mass is 257 g/mol. The molecule has 4 heteroatoms. The van der Waals surface area contributed by atoms with E-state index in [1.54, 1.807) is 0 Å². The van der Waals surface area contributed by atoms with Gasteiger partial charge in [0.15, 0.2) is 0 Å². The molecule has 1 aliphatic rings. The van der Waals surface area contributed by atoms with Crippen molar-refractivity contribution in [1.82, 2.24) is 5.32 Å². The van der Waals surface area contributed by atoms with E-state index in [0.717, 1.165) is 16.7 Å². The summed E-state index contributed by atoms with van der Waals surface area (Å²) in [6, 6.07) is 4.46. The highest BCUT2D eigenvalue weighted by atomic mass is 19.4. The van der Waals surface area contributed by atoms with Crippen molar-refractivity contribution in [2.24, 2.45) is 0 Å². The van der Waals surface area contributed by atoms with E-state index in [-0.39, 0.29) is 11.8 Å². The van der Waals surface area contributed by atoms with E-state index in [1.165, 1.54) is 0 Å². The summed E-state index contributed by atoms with van der Waals surface area (Å²) in [5.74, 6) is 0. The molecule has 0 spiro atoms. The summed E-state index contributed by atoms with van der Waals surface area (Å²) < 4.78 is 38.1. The smallest absolute Gasteiger partial charge is 0.302 e. The molecule has 1 aliphatic heterocycles. The zero-order valence-electron chi connectivity index (χ0n) is 10.9. The van der Waals surface area contributed by atoms with E-state index >= 15 is 0 Å². The third-order valence-corrected chi connectivity index (χ3v) is 3.43. The minimum Gasteiger partial charge on any atom is -0.302 e. The van der Waals surface area contributed by atoms with Gasteiger partial charge in [-0.15, -0.1) is 0 Å². The Morgan fingerprint density at radius 3 is 2.33 bits per heavy atom. The molecular formula is C14H18F3N. The number of fused-ring (bicyclic) bond motifs is 1. The van der Waals surface area contributed by atoms with Gasteiger partial charge in [0.1, 0.15) is 6.04 Å². The number of alkyl halides is 3. The lowest BCUT2D eigenvalue weighted by atomic mass is 9.83. The highest BCUT2D eigenvalue weighted by Crippen LogP contribution is 2.31. The quantitative estimate of drug-likeness (QED) is 0.749. The Bertz CT molecular complexity index is 443. The molecule has 18 heavy (non-hydrogen) atoms. The number of hydrogen-bond acceptors (Lipinski definition) is 1. The summed E-state index contributed by atoms with van der Waals surface area (Å²) >= 11 is 0. The molecule has 0 saturated heterocycles. The molecule has 1 aromatic carbocycles. The van der Waals surface area contributed by atoms with Gasteiger partial charge in [-0.2, -0.15) is 13.2 Å². The highest BCUT2D eigenvalue weighted by Gasteiger charge is 2.41. The van der Waals surface area contributed by atoms with Gasteiger partial charge < -0.3 is 5.32 Å². The fourth-order valence-corrected chi connectivity index (χ4v) is 2.21. The average Bonchev–Trinajstić information content (AvgIpc) is 2.25. The van der Waals surface area contributed by atoms with Gasteiger partial charge in [-0.3, -0.25) is 0 Å². The predicted octanol–water partition coefficient (Wildman–Crippen LogP) is 3.56. The van der Waals surface area contributed by atoms with Crippen LogP contribution in [0.1, 0.15) is 37.5 Å². The van der Waals surface area contributed by atoms with Crippen LogP contribution < -0.4 is 5.32 Å². The Labute approximate surface area is 105 Å². The van der Waals surface area contributed by atoms with Crippen LogP contribution in [0.3, 0.4) is 0 Å². The van der Waals surface area contributed by atoms with E-state index in [4.69, 9.17) is 0 Å². The van der Waals surface area contributed by atoms with Gasteiger partial charge in [0.2, 0.25) is 0 Å².